The molecule has 0 bridgehead atoms. The van der Waals surface area contributed by atoms with E-state index >= 15 is 0 Å². The lowest BCUT2D eigenvalue weighted by molar-refractivity contribution is -0.138. The van der Waals surface area contributed by atoms with Crippen LogP contribution < -0.4 is 0 Å². The zero-order valence-electron chi connectivity index (χ0n) is 18.5. The Kier molecular flexibility index (Phi) is 7.34. The molecule has 1 heterocycles. The Bertz CT molecular complexity index is 886. The normalized spacial score (nSPS) is 25.3. The number of carbonyl (C=O) groups is 2. The summed E-state index contributed by atoms with van der Waals surface area (Å²) in [7, 11) is 1.50. The molecule has 0 aromatic heterocycles. The molecule has 0 spiro atoms. The molecule has 1 aromatic carbocycles. The number of aromatic hydroxyl groups is 1. The summed E-state index contributed by atoms with van der Waals surface area (Å²) < 4.78 is 0. The van der Waals surface area contributed by atoms with E-state index in [4.69, 9.17) is 0 Å². The molecule has 3 N–H and O–H groups in total. The molecule has 2 aliphatic rings. The maximum atomic E-state index is 12.7. The molecule has 1 saturated heterocycles. The van der Waals surface area contributed by atoms with Crippen LogP contribution in [-0.4, -0.2) is 51.8 Å². The molecular formula is C25H33NO5. The monoisotopic (exact) mass is 427 g/mol. The van der Waals surface area contributed by atoms with E-state index in [1.807, 2.05) is 19.1 Å². The largest absolute Gasteiger partial charge is 0.508 e. The second-order valence-corrected chi connectivity index (χ2v) is 8.58. The summed E-state index contributed by atoms with van der Waals surface area (Å²) in [6.07, 6.45) is 4.45. The first-order valence-electron chi connectivity index (χ1n) is 11.1. The SMILES string of the molecule is CCC1=C([C@H](O)CC/C(=C/c2ccc(O)cc2)CC)[C@H](CO)[C@@H]2C(=O)N(C)C(=O)[C@@H]2C1. The number of amides is 2. The summed E-state index contributed by atoms with van der Waals surface area (Å²) in [6, 6.07) is 6.99. The minimum atomic E-state index is -0.767. The van der Waals surface area contributed by atoms with Crippen molar-refractivity contribution in [1.29, 1.82) is 0 Å². The Balaban J connectivity index is 1.80. The number of likely N-dealkylation sites (tertiary alicyclic amines) is 1. The second kappa shape index (κ2) is 9.79. The smallest absolute Gasteiger partial charge is 0.233 e. The average molecular weight is 428 g/mol. The topological polar surface area (TPSA) is 98.1 Å². The number of hydrogen-bond donors (Lipinski definition) is 3. The lowest BCUT2D eigenvalue weighted by atomic mass is 9.67. The molecule has 1 aromatic rings. The van der Waals surface area contributed by atoms with E-state index in [1.165, 1.54) is 17.5 Å². The highest BCUT2D eigenvalue weighted by Crippen LogP contribution is 2.46. The van der Waals surface area contributed by atoms with Gasteiger partial charge in [-0.05, 0) is 55.4 Å². The number of aliphatic hydroxyl groups is 2. The lowest BCUT2D eigenvalue weighted by Gasteiger charge is -2.36. The van der Waals surface area contributed by atoms with Crippen molar-refractivity contribution in [2.75, 3.05) is 13.7 Å². The van der Waals surface area contributed by atoms with Gasteiger partial charge in [-0.1, -0.05) is 43.2 Å². The van der Waals surface area contributed by atoms with Gasteiger partial charge in [0, 0.05) is 13.0 Å². The average Bonchev–Trinajstić information content (AvgIpc) is 3.00. The van der Waals surface area contributed by atoms with E-state index in [-0.39, 0.29) is 24.2 Å². The maximum absolute atomic E-state index is 12.7. The molecule has 3 rings (SSSR count). The Morgan fingerprint density at radius 1 is 1.19 bits per heavy atom. The fourth-order valence-electron chi connectivity index (χ4n) is 5.09. The number of rotatable bonds is 8. The number of aliphatic hydroxyl groups excluding tert-OH is 2. The zero-order valence-corrected chi connectivity index (χ0v) is 18.5. The van der Waals surface area contributed by atoms with Crippen LogP contribution in [0.2, 0.25) is 0 Å². The highest BCUT2D eigenvalue weighted by molar-refractivity contribution is 6.05. The van der Waals surface area contributed by atoms with Crippen LogP contribution in [-0.2, 0) is 9.59 Å². The first kappa shape index (κ1) is 23.2. The van der Waals surface area contributed by atoms with Gasteiger partial charge in [-0.3, -0.25) is 14.5 Å². The molecule has 1 fully saturated rings. The van der Waals surface area contributed by atoms with Crippen LogP contribution in [0.4, 0.5) is 0 Å². The van der Waals surface area contributed by atoms with E-state index < -0.39 is 23.9 Å². The third kappa shape index (κ3) is 4.60. The highest BCUT2D eigenvalue weighted by Gasteiger charge is 2.53. The molecular weight excluding hydrogens is 394 g/mol. The predicted octanol–water partition coefficient (Wildman–Crippen LogP) is 3.28. The Morgan fingerprint density at radius 2 is 1.87 bits per heavy atom. The molecule has 0 unspecified atom stereocenters. The molecule has 1 aliphatic carbocycles. The van der Waals surface area contributed by atoms with Crippen molar-refractivity contribution in [1.82, 2.24) is 4.90 Å². The van der Waals surface area contributed by atoms with Crippen molar-refractivity contribution in [3.05, 3.63) is 46.5 Å². The number of hydrogen-bond acceptors (Lipinski definition) is 5. The van der Waals surface area contributed by atoms with E-state index in [9.17, 15) is 24.9 Å². The van der Waals surface area contributed by atoms with Crippen LogP contribution in [0.15, 0.2) is 41.0 Å². The Labute approximate surface area is 183 Å². The van der Waals surface area contributed by atoms with Gasteiger partial charge in [0.1, 0.15) is 5.75 Å². The molecule has 0 saturated carbocycles. The number of imide groups is 1. The van der Waals surface area contributed by atoms with Gasteiger partial charge in [0.05, 0.1) is 24.5 Å². The third-order valence-electron chi connectivity index (χ3n) is 6.84. The summed E-state index contributed by atoms with van der Waals surface area (Å²) in [5, 5.41) is 30.7. The van der Waals surface area contributed by atoms with Crippen LogP contribution in [0.25, 0.3) is 6.08 Å². The molecule has 1 aliphatic heterocycles. The number of allylic oxidation sites excluding steroid dienone is 2. The summed E-state index contributed by atoms with van der Waals surface area (Å²) >= 11 is 0. The minimum absolute atomic E-state index is 0.182. The van der Waals surface area contributed by atoms with E-state index in [1.54, 1.807) is 12.1 Å². The fraction of sp³-hybridized carbons (Fsp3) is 0.520. The predicted molar refractivity (Wildman–Crippen MR) is 119 cm³/mol. The van der Waals surface area contributed by atoms with Gasteiger partial charge in [-0.15, -0.1) is 0 Å². The second-order valence-electron chi connectivity index (χ2n) is 8.58. The van der Waals surface area contributed by atoms with Crippen LogP contribution in [0.1, 0.15) is 51.5 Å². The van der Waals surface area contributed by atoms with Crippen molar-refractivity contribution in [2.45, 2.75) is 52.1 Å². The Hall–Kier alpha value is -2.44. The molecule has 31 heavy (non-hydrogen) atoms. The van der Waals surface area contributed by atoms with Gasteiger partial charge < -0.3 is 15.3 Å². The van der Waals surface area contributed by atoms with Gasteiger partial charge in [0.2, 0.25) is 11.8 Å². The molecule has 6 nitrogen and oxygen atoms in total. The van der Waals surface area contributed by atoms with E-state index in [2.05, 4.69) is 13.0 Å². The maximum Gasteiger partial charge on any atom is 0.233 e. The minimum Gasteiger partial charge on any atom is -0.508 e. The number of benzene rings is 1. The van der Waals surface area contributed by atoms with Crippen molar-refractivity contribution >= 4 is 17.9 Å². The molecule has 0 radical (unpaired) electrons. The van der Waals surface area contributed by atoms with Crippen molar-refractivity contribution in [3.63, 3.8) is 0 Å². The highest BCUT2D eigenvalue weighted by atomic mass is 16.3. The molecule has 4 atom stereocenters. The molecule has 168 valence electrons. The van der Waals surface area contributed by atoms with Gasteiger partial charge in [0.25, 0.3) is 0 Å². The quantitative estimate of drug-likeness (QED) is 0.437. The van der Waals surface area contributed by atoms with Crippen molar-refractivity contribution < 1.29 is 24.9 Å². The summed E-state index contributed by atoms with van der Waals surface area (Å²) in [5.41, 5.74) is 3.90. The summed E-state index contributed by atoms with van der Waals surface area (Å²) in [5.74, 6) is -1.74. The van der Waals surface area contributed by atoms with Crippen molar-refractivity contribution in [2.24, 2.45) is 17.8 Å². The van der Waals surface area contributed by atoms with E-state index in [0.717, 1.165) is 23.1 Å². The lowest BCUT2D eigenvalue weighted by Crippen LogP contribution is -2.39. The van der Waals surface area contributed by atoms with Gasteiger partial charge >= 0.3 is 0 Å². The van der Waals surface area contributed by atoms with Crippen LogP contribution in [0, 0.1) is 17.8 Å². The summed E-state index contributed by atoms with van der Waals surface area (Å²) in [6.45, 7) is 3.80. The number of fused-ring (bicyclic) bond motifs is 1. The van der Waals surface area contributed by atoms with Crippen LogP contribution in [0.5, 0.6) is 5.75 Å². The van der Waals surface area contributed by atoms with Gasteiger partial charge in [-0.25, -0.2) is 0 Å². The standard InChI is InChI=1S/C25H33NO5/c1-4-15(12-16-6-9-18(28)10-7-16)8-11-21(29)22-17(5-2)13-19-23(20(22)14-27)25(31)26(3)24(19)30/h6-7,9-10,12,19-21,23,27-29H,4-5,8,11,13-14H2,1-3H3/b15-12+/t19-,20+,21-,23-/m1/s1. The van der Waals surface area contributed by atoms with Gasteiger partial charge in [-0.2, -0.15) is 0 Å². The van der Waals surface area contributed by atoms with E-state index in [0.29, 0.717) is 25.7 Å². The number of carbonyl (C=O) groups excluding carboxylic acids is 2. The summed E-state index contributed by atoms with van der Waals surface area (Å²) in [4.78, 5) is 26.4. The zero-order chi connectivity index (χ0) is 22.7. The third-order valence-corrected chi connectivity index (χ3v) is 6.84. The first-order valence-corrected chi connectivity index (χ1v) is 11.1. The van der Waals surface area contributed by atoms with Gasteiger partial charge in [0.15, 0.2) is 0 Å². The van der Waals surface area contributed by atoms with Crippen molar-refractivity contribution in [3.8, 4) is 5.75 Å². The molecule has 2 amide bonds. The van der Waals surface area contributed by atoms with Crippen LogP contribution >= 0.6 is 0 Å². The number of nitrogens with zero attached hydrogens (tertiary/aromatic N) is 1. The van der Waals surface area contributed by atoms with Crippen LogP contribution in [0.3, 0.4) is 0 Å². The number of phenolic OH excluding ortho intramolecular Hbond substituents is 1. The number of phenols is 1. The fourth-order valence-corrected chi connectivity index (χ4v) is 5.09. The Morgan fingerprint density at radius 3 is 2.45 bits per heavy atom. The molecule has 6 heteroatoms. The first-order chi connectivity index (χ1) is 14.8.